The maximum Gasteiger partial charge on any atom is 0.407 e. The van der Waals surface area contributed by atoms with Gasteiger partial charge in [-0.2, -0.15) is 0 Å². The Morgan fingerprint density at radius 3 is 2.50 bits per heavy atom. The molecular formula is C13H24N2O4S. The second kappa shape index (κ2) is 7.08. The van der Waals surface area contributed by atoms with Gasteiger partial charge in [-0.3, -0.25) is 0 Å². The first-order chi connectivity index (χ1) is 9.18. The molecular weight excluding hydrogens is 280 g/mol. The van der Waals surface area contributed by atoms with E-state index in [0.717, 1.165) is 0 Å². The molecule has 1 unspecified atom stereocenters. The molecule has 0 aromatic carbocycles. The van der Waals surface area contributed by atoms with Crippen LogP contribution in [0.5, 0.6) is 0 Å². The normalized spacial score (nSPS) is 22.1. The van der Waals surface area contributed by atoms with Crippen LogP contribution in [0.2, 0.25) is 0 Å². The van der Waals surface area contributed by atoms with Crippen molar-refractivity contribution in [3.8, 4) is 0 Å². The molecule has 0 aromatic rings. The van der Waals surface area contributed by atoms with Gasteiger partial charge in [0, 0.05) is 19.1 Å². The van der Waals surface area contributed by atoms with Crippen LogP contribution in [-0.4, -0.2) is 50.7 Å². The molecule has 2 N–H and O–H groups in total. The molecule has 1 fully saturated rings. The Morgan fingerprint density at radius 2 is 1.95 bits per heavy atom. The lowest BCUT2D eigenvalue weighted by molar-refractivity contribution is 0.0534. The third kappa shape index (κ3) is 7.49. The zero-order chi connectivity index (χ0) is 15.2. The van der Waals surface area contributed by atoms with Gasteiger partial charge in [-0.15, -0.1) is 0 Å². The van der Waals surface area contributed by atoms with Crippen LogP contribution in [0.3, 0.4) is 0 Å². The van der Waals surface area contributed by atoms with Crippen LogP contribution in [0.25, 0.3) is 0 Å². The monoisotopic (exact) mass is 304 g/mol. The third-order valence-electron chi connectivity index (χ3n) is 2.69. The Kier molecular flexibility index (Phi) is 6.01. The second-order valence-electron chi connectivity index (χ2n) is 5.86. The summed E-state index contributed by atoms with van der Waals surface area (Å²) < 4.78 is 27.6. The van der Waals surface area contributed by atoms with Crippen molar-refractivity contribution in [1.82, 2.24) is 10.6 Å². The number of ether oxygens (including phenoxy) is 1. The summed E-state index contributed by atoms with van der Waals surface area (Å²) in [6.45, 7) is 6.40. The summed E-state index contributed by atoms with van der Waals surface area (Å²) >= 11 is 0. The van der Waals surface area contributed by atoms with Gasteiger partial charge in [-0.25, -0.2) is 13.2 Å². The minimum Gasteiger partial charge on any atom is -0.444 e. The van der Waals surface area contributed by atoms with E-state index in [2.05, 4.69) is 10.6 Å². The van der Waals surface area contributed by atoms with Gasteiger partial charge in [0.05, 0.1) is 11.5 Å². The highest BCUT2D eigenvalue weighted by atomic mass is 32.2. The number of amides is 1. The maximum atomic E-state index is 11.3. The number of rotatable bonds is 5. The molecule has 7 heteroatoms. The van der Waals surface area contributed by atoms with E-state index >= 15 is 0 Å². The van der Waals surface area contributed by atoms with Crippen LogP contribution in [-0.2, 0) is 14.6 Å². The number of alkyl carbamates (subject to hydrolysis) is 1. The van der Waals surface area contributed by atoms with Crippen molar-refractivity contribution >= 4 is 15.9 Å². The fourth-order valence-corrected chi connectivity index (χ4v) is 3.52. The van der Waals surface area contributed by atoms with E-state index in [0.29, 0.717) is 19.5 Å². The van der Waals surface area contributed by atoms with E-state index in [1.807, 2.05) is 26.8 Å². The highest BCUT2D eigenvalue weighted by Crippen LogP contribution is 2.10. The lowest BCUT2D eigenvalue weighted by atomic mass is 10.2. The average Bonchev–Trinajstić information content (AvgIpc) is 2.61. The second-order valence-corrected chi connectivity index (χ2v) is 8.09. The Morgan fingerprint density at radius 1 is 1.30 bits per heavy atom. The Hall–Kier alpha value is -1.08. The standard InChI is InChI=1S/C13H24N2O4S/c1-13(2,3)19-12(16)15-8-5-4-7-14-11-6-9-20(17,18)10-11/h4-5,11,14H,6-10H2,1-3H3,(H,15,16)/b5-4+. The molecule has 1 aliphatic rings. The van der Waals surface area contributed by atoms with Crippen molar-refractivity contribution in [2.75, 3.05) is 24.6 Å². The molecule has 6 nitrogen and oxygen atoms in total. The molecule has 1 amide bonds. The Bertz CT molecular complexity index is 451. The van der Waals surface area contributed by atoms with E-state index in [4.69, 9.17) is 4.74 Å². The molecule has 0 saturated carbocycles. The minimum atomic E-state index is -2.83. The van der Waals surface area contributed by atoms with Gasteiger partial charge >= 0.3 is 6.09 Å². The lowest BCUT2D eigenvalue weighted by Gasteiger charge is -2.19. The smallest absolute Gasteiger partial charge is 0.407 e. The van der Waals surface area contributed by atoms with Crippen LogP contribution in [0.4, 0.5) is 4.79 Å². The van der Waals surface area contributed by atoms with Gasteiger partial charge in [0.2, 0.25) is 0 Å². The van der Waals surface area contributed by atoms with Crippen LogP contribution < -0.4 is 10.6 Å². The third-order valence-corrected chi connectivity index (χ3v) is 4.45. The molecule has 1 saturated heterocycles. The van der Waals surface area contributed by atoms with Crippen molar-refractivity contribution in [2.24, 2.45) is 0 Å². The van der Waals surface area contributed by atoms with Crippen molar-refractivity contribution in [2.45, 2.75) is 38.8 Å². The van der Waals surface area contributed by atoms with Crippen LogP contribution in [0.1, 0.15) is 27.2 Å². The summed E-state index contributed by atoms with van der Waals surface area (Å²) in [5.41, 5.74) is -0.497. The van der Waals surface area contributed by atoms with Crippen molar-refractivity contribution in [1.29, 1.82) is 0 Å². The van der Waals surface area contributed by atoms with Gasteiger partial charge < -0.3 is 15.4 Å². The van der Waals surface area contributed by atoms with Crippen molar-refractivity contribution in [3.63, 3.8) is 0 Å². The molecule has 116 valence electrons. The zero-order valence-corrected chi connectivity index (χ0v) is 13.1. The van der Waals surface area contributed by atoms with Crippen LogP contribution in [0.15, 0.2) is 12.2 Å². The first-order valence-corrected chi connectivity index (χ1v) is 8.56. The van der Waals surface area contributed by atoms with Gasteiger partial charge in [0.1, 0.15) is 5.60 Å². The molecule has 1 atom stereocenters. The summed E-state index contributed by atoms with van der Waals surface area (Å²) in [7, 11) is -2.83. The predicted molar refractivity (Wildman–Crippen MR) is 78.4 cm³/mol. The SMILES string of the molecule is CC(C)(C)OC(=O)NC/C=C/CNC1CCS(=O)(=O)C1. The molecule has 20 heavy (non-hydrogen) atoms. The molecule has 1 aliphatic heterocycles. The summed E-state index contributed by atoms with van der Waals surface area (Å²) in [6.07, 6.45) is 3.90. The van der Waals surface area contributed by atoms with Crippen LogP contribution >= 0.6 is 0 Å². The van der Waals surface area contributed by atoms with E-state index in [1.54, 1.807) is 6.08 Å². The largest absolute Gasteiger partial charge is 0.444 e. The first kappa shape index (κ1) is 17.0. The van der Waals surface area contributed by atoms with E-state index in [-0.39, 0.29) is 17.5 Å². The van der Waals surface area contributed by atoms with Gasteiger partial charge in [-0.05, 0) is 27.2 Å². The first-order valence-electron chi connectivity index (χ1n) is 6.74. The van der Waals surface area contributed by atoms with Crippen molar-refractivity contribution < 1.29 is 17.9 Å². The number of hydrogen-bond donors (Lipinski definition) is 2. The van der Waals surface area contributed by atoms with Crippen molar-refractivity contribution in [3.05, 3.63) is 12.2 Å². The van der Waals surface area contributed by atoms with Gasteiger partial charge in [0.15, 0.2) is 9.84 Å². The fourth-order valence-electron chi connectivity index (χ4n) is 1.81. The maximum absolute atomic E-state index is 11.3. The summed E-state index contributed by atoms with van der Waals surface area (Å²) in [4.78, 5) is 11.3. The molecule has 0 bridgehead atoms. The zero-order valence-electron chi connectivity index (χ0n) is 12.3. The van der Waals surface area contributed by atoms with E-state index < -0.39 is 21.5 Å². The summed E-state index contributed by atoms with van der Waals surface area (Å²) in [5.74, 6) is 0.492. The predicted octanol–water partition coefficient (Wildman–Crippen LogP) is 0.844. The molecule has 0 aliphatic carbocycles. The number of hydrogen-bond acceptors (Lipinski definition) is 5. The highest BCUT2D eigenvalue weighted by Gasteiger charge is 2.26. The average molecular weight is 304 g/mol. The van der Waals surface area contributed by atoms with Gasteiger partial charge in [-0.1, -0.05) is 12.2 Å². The minimum absolute atomic E-state index is 0.0449. The highest BCUT2D eigenvalue weighted by molar-refractivity contribution is 7.91. The number of nitrogens with one attached hydrogen (secondary N) is 2. The number of sulfone groups is 1. The molecule has 0 aromatic heterocycles. The Labute approximate surface area is 120 Å². The van der Waals surface area contributed by atoms with Gasteiger partial charge in [0.25, 0.3) is 0 Å². The lowest BCUT2D eigenvalue weighted by Crippen LogP contribution is -2.32. The molecule has 1 rings (SSSR count). The van der Waals surface area contributed by atoms with E-state index in [9.17, 15) is 13.2 Å². The molecule has 0 spiro atoms. The fraction of sp³-hybridized carbons (Fsp3) is 0.769. The molecule has 0 radical (unpaired) electrons. The summed E-state index contributed by atoms with van der Waals surface area (Å²) in [6, 6.07) is 0.0449. The molecule has 1 heterocycles. The number of carbonyl (C=O) groups is 1. The topological polar surface area (TPSA) is 84.5 Å². The van der Waals surface area contributed by atoms with E-state index in [1.165, 1.54) is 0 Å². The number of carbonyl (C=O) groups excluding carboxylic acids is 1. The summed E-state index contributed by atoms with van der Waals surface area (Å²) in [5, 5.41) is 5.76. The Balaban J connectivity index is 2.10. The van der Waals surface area contributed by atoms with Crippen LogP contribution in [0, 0.1) is 0 Å². The quantitative estimate of drug-likeness (QED) is 0.735.